The summed E-state index contributed by atoms with van der Waals surface area (Å²) < 4.78 is 13.7. The van der Waals surface area contributed by atoms with Crippen molar-refractivity contribution < 1.29 is 4.39 Å². The Morgan fingerprint density at radius 2 is 2.20 bits per heavy atom. The van der Waals surface area contributed by atoms with E-state index >= 15 is 0 Å². The summed E-state index contributed by atoms with van der Waals surface area (Å²) in [5.41, 5.74) is 0.802. The number of rotatable bonds is 6. The third-order valence-corrected chi connectivity index (χ3v) is 3.34. The lowest BCUT2D eigenvalue weighted by molar-refractivity contribution is 0.619. The predicted octanol–water partition coefficient (Wildman–Crippen LogP) is 3.90. The molecule has 0 radical (unpaired) electrons. The van der Waals surface area contributed by atoms with E-state index in [2.05, 4.69) is 20.6 Å². The normalized spacial score (nSPS) is 10.3. The summed E-state index contributed by atoms with van der Waals surface area (Å²) >= 11 is 1.63. The van der Waals surface area contributed by atoms with Crippen molar-refractivity contribution in [3.05, 3.63) is 36.3 Å². The summed E-state index contributed by atoms with van der Waals surface area (Å²) in [6.45, 7) is 2.80. The van der Waals surface area contributed by atoms with Crippen molar-refractivity contribution in [1.29, 1.82) is 0 Å². The van der Waals surface area contributed by atoms with Crippen LogP contribution in [0, 0.1) is 5.82 Å². The van der Waals surface area contributed by atoms with Crippen LogP contribution in [-0.2, 0) is 0 Å². The van der Waals surface area contributed by atoms with Crippen molar-refractivity contribution in [3.8, 4) is 0 Å². The third-order valence-electron chi connectivity index (χ3n) is 2.61. The Morgan fingerprint density at radius 3 is 2.95 bits per heavy atom. The maximum atomic E-state index is 13.7. The fourth-order valence-corrected chi connectivity index (χ4v) is 2.07. The smallest absolute Gasteiger partial charge is 0.224 e. The average Bonchev–Trinajstić information content (AvgIpc) is 2.48. The second-order valence-corrected chi connectivity index (χ2v) is 5.05. The molecular formula is C14H17FN4S. The Kier molecular flexibility index (Phi) is 5.17. The van der Waals surface area contributed by atoms with E-state index in [9.17, 15) is 4.39 Å². The number of nitrogens with one attached hydrogen (secondary N) is 2. The molecule has 6 heteroatoms. The second kappa shape index (κ2) is 7.09. The third kappa shape index (κ3) is 3.84. The zero-order valence-electron chi connectivity index (χ0n) is 11.5. The summed E-state index contributed by atoms with van der Waals surface area (Å²) in [5.74, 6) is 0.134. The number of hydrogen-bond donors (Lipinski definition) is 2. The molecule has 0 amide bonds. The molecule has 1 aromatic carbocycles. The number of aromatic nitrogens is 2. The van der Waals surface area contributed by atoms with Crippen LogP contribution in [0.25, 0.3) is 0 Å². The van der Waals surface area contributed by atoms with Crippen molar-refractivity contribution >= 4 is 29.2 Å². The molecule has 2 rings (SSSR count). The van der Waals surface area contributed by atoms with E-state index in [0.29, 0.717) is 5.95 Å². The van der Waals surface area contributed by atoms with Crippen LogP contribution in [-0.4, -0.2) is 22.8 Å². The molecule has 2 aromatic rings. The van der Waals surface area contributed by atoms with Gasteiger partial charge in [0.1, 0.15) is 0 Å². The number of halogens is 1. The first-order chi connectivity index (χ1) is 9.72. The van der Waals surface area contributed by atoms with Gasteiger partial charge in [0.25, 0.3) is 0 Å². The molecule has 0 aliphatic carbocycles. The van der Waals surface area contributed by atoms with Gasteiger partial charge in [0.05, 0.1) is 6.20 Å². The van der Waals surface area contributed by atoms with Gasteiger partial charge in [-0.05, 0) is 30.9 Å². The van der Waals surface area contributed by atoms with Gasteiger partial charge in [0.2, 0.25) is 5.95 Å². The van der Waals surface area contributed by atoms with Gasteiger partial charge in [0, 0.05) is 17.1 Å². The topological polar surface area (TPSA) is 49.8 Å². The van der Waals surface area contributed by atoms with Crippen LogP contribution in [0.2, 0.25) is 0 Å². The fourth-order valence-electron chi connectivity index (χ4n) is 1.61. The fraction of sp³-hybridized carbons (Fsp3) is 0.286. The molecule has 4 nitrogen and oxygen atoms in total. The summed E-state index contributed by atoms with van der Waals surface area (Å²) in [6.07, 6.45) is 4.13. The van der Waals surface area contributed by atoms with Crippen LogP contribution in [0.4, 0.5) is 21.8 Å². The van der Waals surface area contributed by atoms with E-state index in [4.69, 9.17) is 0 Å². The highest BCUT2D eigenvalue weighted by Gasteiger charge is 2.07. The quantitative estimate of drug-likeness (QED) is 0.791. The maximum Gasteiger partial charge on any atom is 0.224 e. The van der Waals surface area contributed by atoms with Gasteiger partial charge in [-0.2, -0.15) is 4.98 Å². The number of thioether (sulfide) groups is 1. The Morgan fingerprint density at radius 1 is 1.35 bits per heavy atom. The molecule has 106 valence electrons. The van der Waals surface area contributed by atoms with Gasteiger partial charge < -0.3 is 10.6 Å². The van der Waals surface area contributed by atoms with E-state index < -0.39 is 5.82 Å². The molecule has 0 saturated carbocycles. The number of hydrogen-bond acceptors (Lipinski definition) is 5. The molecule has 1 heterocycles. The van der Waals surface area contributed by atoms with E-state index in [1.807, 2.05) is 37.4 Å². The molecule has 0 saturated heterocycles. The molecule has 0 unspecified atom stereocenters. The highest BCUT2D eigenvalue weighted by molar-refractivity contribution is 7.98. The monoisotopic (exact) mass is 292 g/mol. The molecule has 0 fully saturated rings. The lowest BCUT2D eigenvalue weighted by Crippen LogP contribution is -2.07. The van der Waals surface area contributed by atoms with Crippen LogP contribution >= 0.6 is 11.8 Å². The summed E-state index contributed by atoms with van der Waals surface area (Å²) in [4.78, 5) is 9.16. The van der Waals surface area contributed by atoms with Crippen molar-refractivity contribution in [2.45, 2.75) is 18.2 Å². The van der Waals surface area contributed by atoms with Gasteiger partial charge in [-0.1, -0.05) is 13.0 Å². The summed E-state index contributed by atoms with van der Waals surface area (Å²) in [7, 11) is 0. The lowest BCUT2D eigenvalue weighted by atomic mass is 10.3. The molecule has 0 aliphatic heterocycles. The van der Waals surface area contributed by atoms with Gasteiger partial charge in [-0.3, -0.25) is 0 Å². The summed E-state index contributed by atoms with van der Waals surface area (Å²) in [6, 6.07) is 7.75. The van der Waals surface area contributed by atoms with Crippen LogP contribution in [0.15, 0.2) is 35.4 Å². The molecule has 0 spiro atoms. The largest absolute Gasteiger partial charge is 0.354 e. The highest BCUT2D eigenvalue weighted by Crippen LogP contribution is 2.23. The molecule has 0 aliphatic rings. The SMILES string of the molecule is CCCNc1ncc(F)c(Nc2cccc(SC)c2)n1. The molecule has 0 atom stereocenters. The van der Waals surface area contributed by atoms with Gasteiger partial charge in [0.15, 0.2) is 11.6 Å². The van der Waals surface area contributed by atoms with E-state index in [1.165, 1.54) is 6.20 Å². The lowest BCUT2D eigenvalue weighted by Gasteiger charge is -2.09. The van der Waals surface area contributed by atoms with Crippen LogP contribution in [0.1, 0.15) is 13.3 Å². The van der Waals surface area contributed by atoms with Crippen molar-refractivity contribution in [2.24, 2.45) is 0 Å². The van der Waals surface area contributed by atoms with Crippen molar-refractivity contribution in [2.75, 3.05) is 23.4 Å². The molecule has 0 bridgehead atoms. The minimum atomic E-state index is -0.471. The molecule has 2 N–H and O–H groups in total. The Balaban J connectivity index is 2.18. The zero-order chi connectivity index (χ0) is 14.4. The second-order valence-electron chi connectivity index (χ2n) is 4.17. The van der Waals surface area contributed by atoms with Gasteiger partial charge in [-0.25, -0.2) is 9.37 Å². The van der Waals surface area contributed by atoms with Crippen molar-refractivity contribution in [1.82, 2.24) is 9.97 Å². The first-order valence-corrected chi connectivity index (χ1v) is 7.63. The molecular weight excluding hydrogens is 275 g/mol. The predicted molar refractivity (Wildman–Crippen MR) is 82.3 cm³/mol. The molecule has 20 heavy (non-hydrogen) atoms. The first kappa shape index (κ1) is 14.6. The zero-order valence-corrected chi connectivity index (χ0v) is 12.3. The van der Waals surface area contributed by atoms with Crippen LogP contribution in [0.5, 0.6) is 0 Å². The van der Waals surface area contributed by atoms with Crippen molar-refractivity contribution in [3.63, 3.8) is 0 Å². The number of anilines is 3. The number of nitrogens with zero attached hydrogens (tertiary/aromatic N) is 2. The van der Waals surface area contributed by atoms with Crippen LogP contribution < -0.4 is 10.6 Å². The van der Waals surface area contributed by atoms with E-state index in [-0.39, 0.29) is 5.82 Å². The van der Waals surface area contributed by atoms with Gasteiger partial charge >= 0.3 is 0 Å². The molecule has 1 aromatic heterocycles. The minimum absolute atomic E-state index is 0.178. The summed E-state index contributed by atoms with van der Waals surface area (Å²) in [5, 5.41) is 6.02. The minimum Gasteiger partial charge on any atom is -0.354 e. The van der Waals surface area contributed by atoms with Gasteiger partial charge in [-0.15, -0.1) is 11.8 Å². The Labute approximate surface area is 122 Å². The Bertz CT molecular complexity index is 577. The highest BCUT2D eigenvalue weighted by atomic mass is 32.2. The average molecular weight is 292 g/mol. The van der Waals surface area contributed by atoms with E-state index in [0.717, 1.165) is 23.5 Å². The van der Waals surface area contributed by atoms with Crippen LogP contribution in [0.3, 0.4) is 0 Å². The number of benzene rings is 1. The standard InChI is InChI=1S/C14H17FN4S/c1-3-7-16-14-17-9-12(15)13(19-14)18-10-5-4-6-11(8-10)20-2/h4-6,8-9H,3,7H2,1-2H3,(H2,16,17,18,19). The Hall–Kier alpha value is -1.82. The maximum absolute atomic E-state index is 13.7. The first-order valence-electron chi connectivity index (χ1n) is 6.40. The van der Waals surface area contributed by atoms with E-state index in [1.54, 1.807) is 11.8 Å².